The molecule has 0 saturated heterocycles. The average molecular weight is 304 g/mol. The predicted octanol–water partition coefficient (Wildman–Crippen LogP) is 1.16. The summed E-state index contributed by atoms with van der Waals surface area (Å²) < 4.78 is 14.2. The molecule has 0 spiro atoms. The first-order valence-corrected chi connectivity index (χ1v) is 6.26. The van der Waals surface area contributed by atoms with Crippen molar-refractivity contribution in [1.82, 2.24) is 5.32 Å². The zero-order valence-electron chi connectivity index (χ0n) is 11.0. The number of rotatable bonds is 6. The van der Waals surface area contributed by atoms with Crippen LogP contribution in [0.5, 0.6) is 0 Å². The van der Waals surface area contributed by atoms with Gasteiger partial charge in [-0.2, -0.15) is 0 Å². The second-order valence-corrected chi connectivity index (χ2v) is 3.86. The van der Waals surface area contributed by atoms with Gasteiger partial charge in [-0.1, -0.05) is 0 Å². The first-order valence-electron chi connectivity index (χ1n) is 5.88. The molecule has 0 bridgehead atoms. The molecule has 20 heavy (non-hydrogen) atoms. The molecular formula is C12H14ClNO6. The van der Waals surface area contributed by atoms with E-state index in [1.54, 1.807) is 13.8 Å². The van der Waals surface area contributed by atoms with Gasteiger partial charge in [-0.05, 0) is 31.5 Å². The highest BCUT2D eigenvalue weighted by Gasteiger charge is 2.32. The summed E-state index contributed by atoms with van der Waals surface area (Å²) >= 11 is 5.64. The third-order valence-electron chi connectivity index (χ3n) is 2.18. The molecule has 0 atom stereocenters. The molecule has 1 aromatic heterocycles. The van der Waals surface area contributed by atoms with E-state index >= 15 is 0 Å². The second-order valence-electron chi connectivity index (χ2n) is 3.52. The predicted molar refractivity (Wildman–Crippen MR) is 68.2 cm³/mol. The SMILES string of the molecule is CCOC(=O)C(NC(=O)c1ccoc1Cl)C(=O)OCC. The largest absolute Gasteiger partial charge is 0.464 e. The average Bonchev–Trinajstić information content (AvgIpc) is 2.82. The van der Waals surface area contributed by atoms with Crippen molar-refractivity contribution >= 4 is 29.4 Å². The van der Waals surface area contributed by atoms with E-state index in [4.69, 9.17) is 25.5 Å². The first kappa shape index (κ1) is 16.0. The molecule has 0 aliphatic heterocycles. The quantitative estimate of drug-likeness (QED) is 0.626. The summed E-state index contributed by atoms with van der Waals surface area (Å²) in [6.45, 7) is 3.29. The Morgan fingerprint density at radius 3 is 2.20 bits per heavy atom. The minimum absolute atomic E-state index is 0.00487. The maximum absolute atomic E-state index is 11.9. The van der Waals surface area contributed by atoms with Gasteiger partial charge < -0.3 is 19.2 Å². The van der Waals surface area contributed by atoms with Crippen molar-refractivity contribution in [2.75, 3.05) is 13.2 Å². The van der Waals surface area contributed by atoms with E-state index in [0.29, 0.717) is 0 Å². The Kier molecular flexibility index (Phi) is 6.05. The van der Waals surface area contributed by atoms with Gasteiger partial charge in [-0.15, -0.1) is 0 Å². The van der Waals surface area contributed by atoms with Crippen molar-refractivity contribution in [1.29, 1.82) is 0 Å². The Bertz CT molecular complexity index is 480. The molecule has 0 fully saturated rings. The van der Waals surface area contributed by atoms with Gasteiger partial charge in [0.1, 0.15) is 0 Å². The molecule has 7 nitrogen and oxygen atoms in total. The fourth-order valence-corrected chi connectivity index (χ4v) is 1.53. The second kappa shape index (κ2) is 7.54. The lowest BCUT2D eigenvalue weighted by molar-refractivity contribution is -0.157. The van der Waals surface area contributed by atoms with Gasteiger partial charge in [0, 0.05) is 0 Å². The van der Waals surface area contributed by atoms with Crippen LogP contribution in [-0.4, -0.2) is 37.1 Å². The van der Waals surface area contributed by atoms with E-state index in [9.17, 15) is 14.4 Å². The lowest BCUT2D eigenvalue weighted by atomic mass is 10.2. The zero-order chi connectivity index (χ0) is 15.1. The number of carbonyl (C=O) groups excluding carboxylic acids is 3. The van der Waals surface area contributed by atoms with Gasteiger partial charge >= 0.3 is 11.9 Å². The minimum Gasteiger partial charge on any atom is -0.464 e. The Morgan fingerprint density at radius 1 is 1.25 bits per heavy atom. The Balaban J connectivity index is 2.84. The van der Waals surface area contributed by atoms with Crippen LogP contribution in [0.4, 0.5) is 0 Å². The van der Waals surface area contributed by atoms with E-state index < -0.39 is 23.9 Å². The van der Waals surface area contributed by atoms with Gasteiger partial charge in [-0.25, -0.2) is 9.59 Å². The van der Waals surface area contributed by atoms with E-state index in [1.165, 1.54) is 12.3 Å². The number of nitrogens with one attached hydrogen (secondary N) is 1. The minimum atomic E-state index is -1.55. The standard InChI is InChI=1S/C12H14ClNO6/c1-3-18-11(16)8(12(17)19-4-2)14-10(15)7-5-6-20-9(7)13/h5-6,8H,3-4H2,1-2H3,(H,14,15). The van der Waals surface area contributed by atoms with Gasteiger partial charge in [0.2, 0.25) is 11.3 Å². The summed E-state index contributed by atoms with van der Waals surface area (Å²) in [5, 5.41) is 2.05. The van der Waals surface area contributed by atoms with Crippen molar-refractivity contribution in [2.45, 2.75) is 19.9 Å². The fourth-order valence-electron chi connectivity index (χ4n) is 1.33. The molecule has 1 amide bonds. The number of carbonyl (C=O) groups is 3. The van der Waals surface area contributed by atoms with Crippen molar-refractivity contribution < 1.29 is 28.3 Å². The number of amides is 1. The highest BCUT2D eigenvalue weighted by molar-refractivity contribution is 6.32. The van der Waals surface area contributed by atoms with Gasteiger partial charge in [0.25, 0.3) is 5.91 Å². The monoisotopic (exact) mass is 303 g/mol. The molecule has 8 heteroatoms. The van der Waals surface area contributed by atoms with E-state index in [1.807, 2.05) is 0 Å². The first-order chi connectivity index (χ1) is 9.51. The molecule has 1 N–H and O–H groups in total. The molecule has 0 aliphatic carbocycles. The van der Waals surface area contributed by atoms with Gasteiger partial charge in [-0.3, -0.25) is 4.79 Å². The molecule has 1 heterocycles. The summed E-state index contributed by atoms with van der Waals surface area (Å²) in [4.78, 5) is 35.2. The topological polar surface area (TPSA) is 94.8 Å². The number of furan rings is 1. The van der Waals surface area contributed by atoms with Gasteiger partial charge in [0.15, 0.2) is 0 Å². The number of hydrogen-bond acceptors (Lipinski definition) is 6. The molecule has 0 saturated carbocycles. The smallest absolute Gasteiger partial charge is 0.340 e. The summed E-state index contributed by atoms with van der Waals surface area (Å²) in [5.41, 5.74) is 0.00487. The lowest BCUT2D eigenvalue weighted by Crippen LogP contribution is -2.48. The fraction of sp³-hybridized carbons (Fsp3) is 0.417. The molecular weight excluding hydrogens is 290 g/mol. The Labute approximate surface area is 120 Å². The van der Waals surface area contributed by atoms with Crippen molar-refractivity contribution in [3.8, 4) is 0 Å². The number of esters is 2. The van der Waals surface area contributed by atoms with Crippen LogP contribution in [0.1, 0.15) is 24.2 Å². The van der Waals surface area contributed by atoms with Crippen LogP contribution in [0.25, 0.3) is 0 Å². The van der Waals surface area contributed by atoms with Crippen LogP contribution in [0, 0.1) is 0 Å². The summed E-state index contributed by atoms with van der Waals surface area (Å²) in [5.74, 6) is -2.55. The van der Waals surface area contributed by atoms with Crippen LogP contribution in [0.3, 0.4) is 0 Å². The van der Waals surface area contributed by atoms with Crippen LogP contribution in [0.2, 0.25) is 5.22 Å². The van der Waals surface area contributed by atoms with Gasteiger partial charge in [0.05, 0.1) is 25.0 Å². The molecule has 1 aromatic rings. The van der Waals surface area contributed by atoms with Crippen molar-refractivity contribution in [3.05, 3.63) is 23.1 Å². The normalized spacial score (nSPS) is 10.2. The molecule has 0 unspecified atom stereocenters. The molecule has 0 radical (unpaired) electrons. The summed E-state index contributed by atoms with van der Waals surface area (Å²) in [7, 11) is 0. The maximum Gasteiger partial charge on any atom is 0.340 e. The Morgan fingerprint density at radius 2 is 1.80 bits per heavy atom. The highest BCUT2D eigenvalue weighted by Crippen LogP contribution is 2.16. The number of halogens is 1. The molecule has 0 aromatic carbocycles. The molecule has 0 aliphatic rings. The molecule has 1 rings (SSSR count). The number of hydrogen-bond donors (Lipinski definition) is 1. The Hall–Kier alpha value is -2.02. The van der Waals surface area contributed by atoms with Crippen LogP contribution in [-0.2, 0) is 19.1 Å². The summed E-state index contributed by atoms with van der Waals surface area (Å²) in [6.07, 6.45) is 1.21. The van der Waals surface area contributed by atoms with E-state index in [2.05, 4.69) is 5.32 Å². The maximum atomic E-state index is 11.9. The third kappa shape index (κ3) is 3.99. The molecule has 110 valence electrons. The van der Waals surface area contributed by atoms with Crippen LogP contribution >= 0.6 is 11.6 Å². The lowest BCUT2D eigenvalue weighted by Gasteiger charge is -2.15. The highest BCUT2D eigenvalue weighted by atomic mass is 35.5. The zero-order valence-corrected chi connectivity index (χ0v) is 11.7. The van der Waals surface area contributed by atoms with Crippen molar-refractivity contribution in [3.63, 3.8) is 0 Å². The van der Waals surface area contributed by atoms with Crippen LogP contribution < -0.4 is 5.32 Å². The third-order valence-corrected chi connectivity index (χ3v) is 2.48. The summed E-state index contributed by atoms with van der Waals surface area (Å²) in [6, 6.07) is -0.237. The van der Waals surface area contributed by atoms with Crippen LogP contribution in [0.15, 0.2) is 16.7 Å². The number of ether oxygens (including phenoxy) is 2. The van der Waals surface area contributed by atoms with Crippen molar-refractivity contribution in [2.24, 2.45) is 0 Å². The van der Waals surface area contributed by atoms with E-state index in [0.717, 1.165) is 0 Å². The van der Waals surface area contributed by atoms with E-state index in [-0.39, 0.29) is 24.0 Å².